The molecule has 1 atom stereocenters. The second kappa shape index (κ2) is 5.38. The number of alkyl halides is 3. The second-order valence-corrected chi connectivity index (χ2v) is 5.07. The van der Waals surface area contributed by atoms with E-state index >= 15 is 0 Å². The first-order valence-corrected chi connectivity index (χ1v) is 6.33. The van der Waals surface area contributed by atoms with Gasteiger partial charge in [0.15, 0.2) is 5.69 Å². The molecule has 0 bridgehead atoms. The highest BCUT2D eigenvalue weighted by atomic mass is 19.4. The van der Waals surface area contributed by atoms with Crippen molar-refractivity contribution in [3.8, 4) is 0 Å². The molecular weight excluding hydrogens is 287 g/mol. The first-order valence-electron chi connectivity index (χ1n) is 6.33. The number of nitrogens with one attached hydrogen (secondary N) is 1. The smallest absolute Gasteiger partial charge is 0.363 e. The molecule has 1 N–H and O–H groups in total. The molecule has 1 fully saturated rings. The molecule has 1 aliphatic rings. The topological polar surface area (TPSA) is 61.4 Å². The van der Waals surface area contributed by atoms with E-state index in [0.717, 1.165) is 6.07 Å². The number of likely N-dealkylation sites (tertiary alicyclic amines) is 1. The molecule has 1 aromatic heterocycles. The van der Waals surface area contributed by atoms with Gasteiger partial charge in [-0.05, 0) is 6.42 Å². The highest BCUT2D eigenvalue weighted by molar-refractivity contribution is 5.86. The Bertz CT molecular complexity index is 546. The number of carbonyl (C=O) groups is 1. The van der Waals surface area contributed by atoms with E-state index in [-0.39, 0.29) is 17.7 Å². The molecule has 116 valence electrons. The van der Waals surface area contributed by atoms with Crippen LogP contribution in [0.1, 0.15) is 12.1 Å². The van der Waals surface area contributed by atoms with Crippen molar-refractivity contribution < 1.29 is 18.0 Å². The third kappa shape index (κ3) is 3.34. The Labute approximate surface area is 120 Å². The molecule has 2 rings (SSSR count). The average Bonchev–Trinajstić information content (AvgIpc) is 2.69. The third-order valence-electron chi connectivity index (χ3n) is 3.19. The van der Waals surface area contributed by atoms with E-state index in [0.29, 0.717) is 13.0 Å². The quantitative estimate of drug-likeness (QED) is 0.909. The maximum Gasteiger partial charge on any atom is 0.433 e. The lowest BCUT2D eigenvalue weighted by Gasteiger charge is -2.17. The SMILES string of the molecule is CN1CCC(Nc2nc(N(C)C)cc(C(F)(F)F)n2)C1=O. The van der Waals surface area contributed by atoms with Crippen molar-refractivity contribution in [1.29, 1.82) is 0 Å². The monoisotopic (exact) mass is 303 g/mol. The number of amides is 1. The summed E-state index contributed by atoms with van der Waals surface area (Å²) in [5.74, 6) is -0.247. The van der Waals surface area contributed by atoms with Gasteiger partial charge in [0.05, 0.1) is 0 Å². The number of hydrogen-bond acceptors (Lipinski definition) is 5. The molecule has 21 heavy (non-hydrogen) atoms. The van der Waals surface area contributed by atoms with Crippen molar-refractivity contribution in [1.82, 2.24) is 14.9 Å². The maximum atomic E-state index is 12.9. The van der Waals surface area contributed by atoms with E-state index in [4.69, 9.17) is 0 Å². The number of halogens is 3. The van der Waals surface area contributed by atoms with Crippen LogP contribution in [0.3, 0.4) is 0 Å². The van der Waals surface area contributed by atoms with Gasteiger partial charge < -0.3 is 15.1 Å². The fourth-order valence-corrected chi connectivity index (χ4v) is 1.99. The van der Waals surface area contributed by atoms with E-state index in [2.05, 4.69) is 15.3 Å². The minimum absolute atomic E-state index is 0.124. The van der Waals surface area contributed by atoms with Crippen molar-refractivity contribution in [2.45, 2.75) is 18.6 Å². The second-order valence-electron chi connectivity index (χ2n) is 5.07. The minimum atomic E-state index is -4.57. The first-order chi connectivity index (χ1) is 9.68. The zero-order valence-electron chi connectivity index (χ0n) is 11.9. The molecule has 1 aromatic rings. The van der Waals surface area contributed by atoms with E-state index in [1.54, 1.807) is 21.1 Å². The summed E-state index contributed by atoms with van der Waals surface area (Å²) < 4.78 is 38.6. The van der Waals surface area contributed by atoms with E-state index in [9.17, 15) is 18.0 Å². The van der Waals surface area contributed by atoms with Gasteiger partial charge >= 0.3 is 6.18 Å². The van der Waals surface area contributed by atoms with Crippen LogP contribution in [0.5, 0.6) is 0 Å². The van der Waals surface area contributed by atoms with Crippen LogP contribution < -0.4 is 10.2 Å². The Hall–Kier alpha value is -2.06. The van der Waals surface area contributed by atoms with Crippen LogP contribution in [0, 0.1) is 0 Å². The molecule has 1 unspecified atom stereocenters. The average molecular weight is 303 g/mol. The molecule has 1 amide bonds. The summed E-state index contributed by atoms with van der Waals surface area (Å²) in [5, 5.41) is 2.69. The first kappa shape index (κ1) is 15.3. The van der Waals surface area contributed by atoms with Gasteiger partial charge in [-0.15, -0.1) is 0 Å². The van der Waals surface area contributed by atoms with Crippen LogP contribution in [0.25, 0.3) is 0 Å². The molecule has 0 aliphatic carbocycles. The van der Waals surface area contributed by atoms with Crippen molar-refractivity contribution in [2.24, 2.45) is 0 Å². The minimum Gasteiger partial charge on any atom is -0.363 e. The van der Waals surface area contributed by atoms with Crippen LogP contribution in [-0.4, -0.2) is 54.5 Å². The van der Waals surface area contributed by atoms with Crippen molar-refractivity contribution in [3.05, 3.63) is 11.8 Å². The number of nitrogens with zero attached hydrogens (tertiary/aromatic N) is 4. The molecule has 1 aliphatic heterocycles. The van der Waals surface area contributed by atoms with Gasteiger partial charge in [0.2, 0.25) is 11.9 Å². The summed E-state index contributed by atoms with van der Waals surface area (Å²) in [6.07, 6.45) is -4.06. The number of likely N-dealkylation sites (N-methyl/N-ethyl adjacent to an activating group) is 1. The van der Waals surface area contributed by atoms with Gasteiger partial charge in [-0.25, -0.2) is 4.98 Å². The Morgan fingerprint density at radius 3 is 2.52 bits per heavy atom. The number of aromatic nitrogens is 2. The standard InChI is InChI=1S/C12H16F3N5O/c1-19(2)9-6-8(12(13,14)15)17-11(18-9)16-7-4-5-20(3)10(7)21/h6-7H,4-5H2,1-3H3,(H,16,17,18). The molecule has 1 saturated heterocycles. The molecule has 0 aromatic carbocycles. The molecule has 2 heterocycles. The lowest BCUT2D eigenvalue weighted by atomic mass is 10.2. The third-order valence-corrected chi connectivity index (χ3v) is 3.19. The highest BCUT2D eigenvalue weighted by Crippen LogP contribution is 2.30. The Morgan fingerprint density at radius 2 is 2.05 bits per heavy atom. The summed E-state index contributed by atoms with van der Waals surface area (Å²) in [6.45, 7) is 0.552. The lowest BCUT2D eigenvalue weighted by molar-refractivity contribution is -0.141. The van der Waals surface area contributed by atoms with Crippen LogP contribution in [0.2, 0.25) is 0 Å². The van der Waals surface area contributed by atoms with Gasteiger partial charge in [-0.1, -0.05) is 0 Å². The van der Waals surface area contributed by atoms with E-state index in [1.165, 1.54) is 9.80 Å². The maximum absolute atomic E-state index is 12.9. The number of hydrogen-bond donors (Lipinski definition) is 1. The fourth-order valence-electron chi connectivity index (χ4n) is 1.99. The molecule has 6 nitrogen and oxygen atoms in total. The molecular formula is C12H16F3N5O. The molecule has 0 saturated carbocycles. The van der Waals surface area contributed by atoms with Gasteiger partial charge in [0.25, 0.3) is 0 Å². The zero-order chi connectivity index (χ0) is 15.8. The van der Waals surface area contributed by atoms with Crippen LogP contribution in [0.4, 0.5) is 24.9 Å². The van der Waals surface area contributed by atoms with Crippen LogP contribution >= 0.6 is 0 Å². The van der Waals surface area contributed by atoms with Crippen molar-refractivity contribution >= 4 is 17.7 Å². The summed E-state index contributed by atoms with van der Waals surface area (Å²) in [4.78, 5) is 22.2. The molecule has 0 spiro atoms. The van der Waals surface area contributed by atoms with Gasteiger partial charge in [-0.3, -0.25) is 4.79 Å². The Morgan fingerprint density at radius 1 is 1.38 bits per heavy atom. The normalized spacial score (nSPS) is 19.0. The fraction of sp³-hybridized carbons (Fsp3) is 0.583. The van der Waals surface area contributed by atoms with Crippen LogP contribution in [-0.2, 0) is 11.0 Å². The summed E-state index contributed by atoms with van der Waals surface area (Å²) in [6, 6.07) is 0.279. The summed E-state index contributed by atoms with van der Waals surface area (Å²) >= 11 is 0. The van der Waals surface area contributed by atoms with Crippen molar-refractivity contribution in [2.75, 3.05) is 37.9 Å². The molecule has 0 radical (unpaired) electrons. The number of anilines is 2. The van der Waals surface area contributed by atoms with Gasteiger partial charge in [0.1, 0.15) is 11.9 Å². The Balaban J connectivity index is 2.30. The zero-order valence-corrected chi connectivity index (χ0v) is 11.9. The Kier molecular flexibility index (Phi) is 3.93. The van der Waals surface area contributed by atoms with E-state index in [1.807, 2.05) is 0 Å². The van der Waals surface area contributed by atoms with Crippen molar-refractivity contribution in [3.63, 3.8) is 0 Å². The van der Waals surface area contributed by atoms with Gasteiger partial charge in [-0.2, -0.15) is 18.2 Å². The van der Waals surface area contributed by atoms with Crippen LogP contribution in [0.15, 0.2) is 6.07 Å². The lowest BCUT2D eigenvalue weighted by Crippen LogP contribution is -2.32. The predicted molar refractivity (Wildman–Crippen MR) is 71.0 cm³/mol. The molecule has 9 heteroatoms. The summed E-state index contributed by atoms with van der Waals surface area (Å²) in [5.41, 5.74) is -1.04. The predicted octanol–water partition coefficient (Wildman–Crippen LogP) is 1.20. The summed E-state index contributed by atoms with van der Waals surface area (Å²) in [7, 11) is 4.81. The number of carbonyl (C=O) groups excluding carboxylic acids is 1. The highest BCUT2D eigenvalue weighted by Gasteiger charge is 2.35. The number of rotatable bonds is 3. The van der Waals surface area contributed by atoms with Gasteiger partial charge in [0, 0.05) is 33.8 Å². The van der Waals surface area contributed by atoms with E-state index < -0.39 is 17.9 Å². The largest absolute Gasteiger partial charge is 0.433 e.